The van der Waals surface area contributed by atoms with Crippen molar-refractivity contribution < 1.29 is 9.47 Å². The SMILES string of the molecule is COc1ccc(-c2nc(C)sc2C#N)c(OC)c1. The molecule has 0 fully saturated rings. The number of benzene rings is 1. The summed E-state index contributed by atoms with van der Waals surface area (Å²) in [4.78, 5) is 4.98. The second kappa shape index (κ2) is 5.07. The lowest BCUT2D eigenvalue weighted by atomic mass is 10.1. The smallest absolute Gasteiger partial charge is 0.133 e. The van der Waals surface area contributed by atoms with Gasteiger partial charge in [-0.15, -0.1) is 11.3 Å². The molecular formula is C13H12N2O2S. The van der Waals surface area contributed by atoms with Crippen molar-refractivity contribution in [1.29, 1.82) is 5.26 Å². The van der Waals surface area contributed by atoms with Gasteiger partial charge >= 0.3 is 0 Å². The van der Waals surface area contributed by atoms with Crippen LogP contribution >= 0.6 is 11.3 Å². The molecule has 2 rings (SSSR count). The number of hydrogen-bond donors (Lipinski definition) is 0. The summed E-state index contributed by atoms with van der Waals surface area (Å²) in [5.74, 6) is 1.36. The van der Waals surface area contributed by atoms with Crippen LogP contribution in [0.1, 0.15) is 9.88 Å². The number of aryl methyl sites for hydroxylation is 1. The molecule has 1 aromatic heterocycles. The fourth-order valence-corrected chi connectivity index (χ4v) is 2.41. The maximum Gasteiger partial charge on any atom is 0.133 e. The van der Waals surface area contributed by atoms with Crippen molar-refractivity contribution in [3.63, 3.8) is 0 Å². The number of nitrogens with zero attached hydrogens (tertiary/aromatic N) is 2. The van der Waals surface area contributed by atoms with Gasteiger partial charge in [-0.05, 0) is 19.1 Å². The Balaban J connectivity index is 2.60. The third-order valence-electron chi connectivity index (χ3n) is 2.50. The number of rotatable bonds is 3. The van der Waals surface area contributed by atoms with Crippen LogP contribution in [0.5, 0.6) is 11.5 Å². The second-order valence-electron chi connectivity index (χ2n) is 3.59. The van der Waals surface area contributed by atoms with Gasteiger partial charge < -0.3 is 9.47 Å². The minimum absolute atomic E-state index is 0.593. The Hall–Kier alpha value is -2.06. The van der Waals surface area contributed by atoms with Crippen LogP contribution in [0.4, 0.5) is 0 Å². The van der Waals surface area contributed by atoms with Gasteiger partial charge in [0.05, 0.1) is 19.2 Å². The predicted molar refractivity (Wildman–Crippen MR) is 70.1 cm³/mol. The van der Waals surface area contributed by atoms with Crippen LogP contribution in [-0.2, 0) is 0 Å². The number of aromatic nitrogens is 1. The Morgan fingerprint density at radius 2 is 2.06 bits per heavy atom. The summed E-state index contributed by atoms with van der Waals surface area (Å²) >= 11 is 1.38. The van der Waals surface area contributed by atoms with E-state index in [0.717, 1.165) is 10.6 Å². The van der Waals surface area contributed by atoms with E-state index < -0.39 is 0 Å². The van der Waals surface area contributed by atoms with E-state index in [2.05, 4.69) is 11.1 Å². The Bertz CT molecular complexity index is 614. The van der Waals surface area contributed by atoms with Gasteiger partial charge in [0.1, 0.15) is 28.1 Å². The Kier molecular flexibility index (Phi) is 3.49. The number of ether oxygens (including phenoxy) is 2. The Labute approximate surface area is 109 Å². The van der Waals surface area contributed by atoms with Crippen molar-refractivity contribution in [2.24, 2.45) is 0 Å². The van der Waals surface area contributed by atoms with E-state index in [-0.39, 0.29) is 0 Å². The topological polar surface area (TPSA) is 55.1 Å². The molecule has 0 radical (unpaired) electrons. The molecule has 18 heavy (non-hydrogen) atoms. The van der Waals surface area contributed by atoms with Crippen LogP contribution < -0.4 is 9.47 Å². The molecule has 4 nitrogen and oxygen atoms in total. The molecule has 1 heterocycles. The molecule has 0 spiro atoms. The lowest BCUT2D eigenvalue weighted by Gasteiger charge is -2.08. The zero-order valence-corrected chi connectivity index (χ0v) is 11.2. The molecule has 92 valence electrons. The van der Waals surface area contributed by atoms with Crippen molar-refractivity contribution in [1.82, 2.24) is 4.98 Å². The van der Waals surface area contributed by atoms with E-state index in [0.29, 0.717) is 22.1 Å². The van der Waals surface area contributed by atoms with Crippen molar-refractivity contribution in [3.05, 3.63) is 28.1 Å². The minimum Gasteiger partial charge on any atom is -0.497 e. The number of thiazole rings is 1. The maximum atomic E-state index is 9.11. The number of nitriles is 1. The lowest BCUT2D eigenvalue weighted by molar-refractivity contribution is 0.395. The predicted octanol–water partition coefficient (Wildman–Crippen LogP) is 3.01. The van der Waals surface area contributed by atoms with E-state index in [1.165, 1.54) is 11.3 Å². The molecule has 2 aromatic rings. The summed E-state index contributed by atoms with van der Waals surface area (Å²) in [5, 5.41) is 9.97. The first-order valence-electron chi connectivity index (χ1n) is 5.29. The monoisotopic (exact) mass is 260 g/mol. The normalized spacial score (nSPS) is 9.89. The molecular weight excluding hydrogens is 248 g/mol. The lowest BCUT2D eigenvalue weighted by Crippen LogP contribution is -1.91. The Morgan fingerprint density at radius 1 is 1.28 bits per heavy atom. The molecule has 0 atom stereocenters. The summed E-state index contributed by atoms with van der Waals surface area (Å²) in [6.45, 7) is 1.88. The van der Waals surface area contributed by atoms with Gasteiger partial charge in [-0.2, -0.15) is 5.26 Å². The van der Waals surface area contributed by atoms with Gasteiger partial charge in [0.15, 0.2) is 0 Å². The highest BCUT2D eigenvalue weighted by molar-refractivity contribution is 7.12. The molecule has 0 saturated heterocycles. The van der Waals surface area contributed by atoms with Crippen molar-refractivity contribution in [2.45, 2.75) is 6.92 Å². The van der Waals surface area contributed by atoms with E-state index in [1.54, 1.807) is 20.3 Å². The summed E-state index contributed by atoms with van der Waals surface area (Å²) in [6.07, 6.45) is 0. The van der Waals surface area contributed by atoms with Crippen molar-refractivity contribution in [3.8, 4) is 28.8 Å². The average Bonchev–Trinajstić information content (AvgIpc) is 2.78. The molecule has 0 unspecified atom stereocenters. The molecule has 0 aliphatic rings. The van der Waals surface area contributed by atoms with E-state index in [4.69, 9.17) is 14.7 Å². The molecule has 0 bridgehead atoms. The van der Waals surface area contributed by atoms with Gasteiger partial charge in [-0.1, -0.05) is 0 Å². The number of hydrogen-bond acceptors (Lipinski definition) is 5. The highest BCUT2D eigenvalue weighted by Crippen LogP contribution is 2.36. The average molecular weight is 260 g/mol. The number of methoxy groups -OCH3 is 2. The van der Waals surface area contributed by atoms with Crippen LogP contribution in [0, 0.1) is 18.3 Å². The standard InChI is InChI=1S/C13H12N2O2S/c1-8-15-13(12(7-14)18-8)10-5-4-9(16-2)6-11(10)17-3/h4-6H,1-3H3. The molecule has 0 aliphatic carbocycles. The van der Waals surface area contributed by atoms with Gasteiger partial charge in [-0.25, -0.2) is 4.98 Å². The molecule has 0 aliphatic heterocycles. The quantitative estimate of drug-likeness (QED) is 0.851. The zero-order valence-electron chi connectivity index (χ0n) is 10.4. The molecule has 0 N–H and O–H groups in total. The van der Waals surface area contributed by atoms with Gasteiger partial charge in [0.2, 0.25) is 0 Å². The molecule has 5 heteroatoms. The summed E-state index contributed by atoms with van der Waals surface area (Å²) in [7, 11) is 3.19. The van der Waals surface area contributed by atoms with Crippen LogP contribution in [0.3, 0.4) is 0 Å². The minimum atomic E-state index is 0.593. The third kappa shape index (κ3) is 2.15. The summed E-state index contributed by atoms with van der Waals surface area (Å²) in [5.41, 5.74) is 1.47. The fraction of sp³-hybridized carbons (Fsp3) is 0.231. The Morgan fingerprint density at radius 3 is 2.67 bits per heavy atom. The second-order valence-corrected chi connectivity index (χ2v) is 4.79. The third-order valence-corrected chi connectivity index (χ3v) is 3.37. The van der Waals surface area contributed by atoms with Crippen LogP contribution in [-0.4, -0.2) is 19.2 Å². The zero-order chi connectivity index (χ0) is 13.1. The van der Waals surface area contributed by atoms with E-state index >= 15 is 0 Å². The fourth-order valence-electron chi connectivity index (χ4n) is 1.68. The highest BCUT2D eigenvalue weighted by Gasteiger charge is 2.15. The van der Waals surface area contributed by atoms with Gasteiger partial charge in [-0.3, -0.25) is 0 Å². The molecule has 0 saturated carbocycles. The van der Waals surface area contributed by atoms with Crippen LogP contribution in [0.15, 0.2) is 18.2 Å². The van der Waals surface area contributed by atoms with Gasteiger partial charge in [0.25, 0.3) is 0 Å². The largest absolute Gasteiger partial charge is 0.497 e. The first kappa shape index (κ1) is 12.4. The van der Waals surface area contributed by atoms with E-state index in [9.17, 15) is 0 Å². The molecule has 0 amide bonds. The first-order chi connectivity index (χ1) is 8.69. The van der Waals surface area contributed by atoms with Gasteiger partial charge in [0, 0.05) is 11.6 Å². The maximum absolute atomic E-state index is 9.11. The van der Waals surface area contributed by atoms with E-state index in [1.807, 2.05) is 19.1 Å². The summed E-state index contributed by atoms with van der Waals surface area (Å²) < 4.78 is 10.5. The van der Waals surface area contributed by atoms with Crippen LogP contribution in [0.2, 0.25) is 0 Å². The van der Waals surface area contributed by atoms with Crippen molar-refractivity contribution >= 4 is 11.3 Å². The highest BCUT2D eigenvalue weighted by atomic mass is 32.1. The molecule has 1 aromatic carbocycles. The van der Waals surface area contributed by atoms with Crippen molar-refractivity contribution in [2.75, 3.05) is 14.2 Å². The first-order valence-corrected chi connectivity index (χ1v) is 6.11. The summed E-state index contributed by atoms with van der Waals surface area (Å²) in [6, 6.07) is 7.63. The van der Waals surface area contributed by atoms with Crippen LogP contribution in [0.25, 0.3) is 11.3 Å².